The number of hydrogen-bond acceptors (Lipinski definition) is 4. The highest BCUT2D eigenvalue weighted by Gasteiger charge is 2.31. The zero-order valence-corrected chi connectivity index (χ0v) is 11.3. The van der Waals surface area contributed by atoms with Crippen molar-refractivity contribution in [2.45, 2.75) is 16.9 Å². The lowest BCUT2D eigenvalue weighted by Gasteiger charge is -2.23. The van der Waals surface area contributed by atoms with Crippen LogP contribution in [0.2, 0.25) is 0 Å². The normalized spacial score (nSPS) is 19.8. The van der Waals surface area contributed by atoms with Crippen molar-refractivity contribution >= 4 is 11.8 Å². The van der Waals surface area contributed by atoms with Crippen LogP contribution in [0.3, 0.4) is 0 Å². The van der Waals surface area contributed by atoms with Crippen molar-refractivity contribution in [2.24, 2.45) is 7.05 Å². The molecular formula is C13H16N4S. The largest absolute Gasteiger partial charge is 0.311 e. The fourth-order valence-corrected chi connectivity index (χ4v) is 3.89. The van der Waals surface area contributed by atoms with E-state index in [1.54, 1.807) is 0 Å². The molecule has 0 saturated heterocycles. The molecule has 0 saturated carbocycles. The van der Waals surface area contributed by atoms with Crippen molar-refractivity contribution in [1.82, 2.24) is 20.3 Å². The van der Waals surface area contributed by atoms with Gasteiger partial charge in [-0.15, -0.1) is 16.9 Å². The predicted octanol–water partition coefficient (Wildman–Crippen LogP) is 1.97. The van der Waals surface area contributed by atoms with Crippen LogP contribution < -0.4 is 5.32 Å². The van der Waals surface area contributed by atoms with E-state index < -0.39 is 0 Å². The Morgan fingerprint density at radius 1 is 1.44 bits per heavy atom. The van der Waals surface area contributed by atoms with Gasteiger partial charge in [-0.1, -0.05) is 23.4 Å². The van der Waals surface area contributed by atoms with Crippen LogP contribution in [0, 0.1) is 0 Å². The van der Waals surface area contributed by atoms with Crippen LogP contribution >= 0.6 is 11.8 Å². The first kappa shape index (κ1) is 11.7. The minimum Gasteiger partial charge on any atom is -0.311 e. The summed E-state index contributed by atoms with van der Waals surface area (Å²) in [6.07, 6.45) is 1.85. The maximum atomic E-state index is 4.03. The van der Waals surface area contributed by atoms with Gasteiger partial charge in [0.25, 0.3) is 0 Å². The fourth-order valence-electron chi connectivity index (χ4n) is 2.60. The van der Waals surface area contributed by atoms with E-state index in [0.717, 1.165) is 11.4 Å². The van der Waals surface area contributed by atoms with Gasteiger partial charge in [-0.3, -0.25) is 4.68 Å². The van der Waals surface area contributed by atoms with Gasteiger partial charge in [0.1, 0.15) is 0 Å². The SMILES string of the molecule is CNC(c1cnnn1C)C1CSc2ccccc21. The van der Waals surface area contributed by atoms with Crippen LogP contribution in [0.1, 0.15) is 23.2 Å². The van der Waals surface area contributed by atoms with Crippen molar-refractivity contribution in [3.63, 3.8) is 0 Å². The Hall–Kier alpha value is -1.33. The number of nitrogens with one attached hydrogen (secondary N) is 1. The first-order valence-electron chi connectivity index (χ1n) is 6.05. The maximum Gasteiger partial charge on any atom is 0.0759 e. The standard InChI is InChI=1S/C13H16N4S/c1-14-13(11-7-15-16-17(11)2)10-8-18-12-6-4-3-5-9(10)12/h3-7,10,13-14H,8H2,1-2H3. The molecular weight excluding hydrogens is 244 g/mol. The molecule has 2 aromatic rings. The molecule has 2 heterocycles. The molecule has 2 unspecified atom stereocenters. The third-order valence-corrected chi connectivity index (χ3v) is 4.73. The molecule has 4 nitrogen and oxygen atoms in total. The monoisotopic (exact) mass is 260 g/mol. The minimum atomic E-state index is 0.265. The summed E-state index contributed by atoms with van der Waals surface area (Å²) in [5, 5.41) is 11.4. The first-order chi connectivity index (χ1) is 8.81. The van der Waals surface area contributed by atoms with Crippen LogP contribution in [0.15, 0.2) is 35.4 Å². The second kappa shape index (κ2) is 4.74. The molecule has 1 N–H and O–H groups in total. The molecule has 1 aliphatic heterocycles. The molecule has 1 aromatic carbocycles. The Bertz CT molecular complexity index is 551. The highest BCUT2D eigenvalue weighted by molar-refractivity contribution is 7.99. The average Bonchev–Trinajstić information content (AvgIpc) is 2.99. The number of benzene rings is 1. The molecule has 0 radical (unpaired) electrons. The summed E-state index contributed by atoms with van der Waals surface area (Å²) < 4.78 is 1.85. The molecule has 18 heavy (non-hydrogen) atoms. The number of aromatic nitrogens is 3. The summed E-state index contributed by atoms with van der Waals surface area (Å²) in [5.74, 6) is 1.59. The molecule has 0 aliphatic carbocycles. The summed E-state index contributed by atoms with van der Waals surface area (Å²) in [5.41, 5.74) is 2.57. The van der Waals surface area contributed by atoms with Gasteiger partial charge in [0, 0.05) is 23.6 Å². The highest BCUT2D eigenvalue weighted by atomic mass is 32.2. The molecule has 3 rings (SSSR count). The van der Waals surface area contributed by atoms with E-state index in [0.29, 0.717) is 5.92 Å². The average molecular weight is 260 g/mol. The number of aryl methyl sites for hydroxylation is 1. The molecule has 0 fully saturated rings. The summed E-state index contributed by atoms with van der Waals surface area (Å²) >= 11 is 1.93. The van der Waals surface area contributed by atoms with E-state index in [1.807, 2.05) is 36.7 Å². The molecule has 0 amide bonds. The van der Waals surface area contributed by atoms with E-state index in [9.17, 15) is 0 Å². The summed E-state index contributed by atoms with van der Waals surface area (Å²) in [4.78, 5) is 1.40. The third-order valence-electron chi connectivity index (χ3n) is 3.52. The molecule has 1 aromatic heterocycles. The van der Waals surface area contributed by atoms with Crippen LogP contribution in [0.5, 0.6) is 0 Å². The third kappa shape index (κ3) is 1.83. The van der Waals surface area contributed by atoms with E-state index in [-0.39, 0.29) is 6.04 Å². The lowest BCUT2D eigenvalue weighted by Crippen LogP contribution is -2.26. The molecule has 0 bridgehead atoms. The van der Waals surface area contributed by atoms with Crippen LogP contribution in [0.25, 0.3) is 0 Å². The van der Waals surface area contributed by atoms with Gasteiger partial charge >= 0.3 is 0 Å². The van der Waals surface area contributed by atoms with Crippen molar-refractivity contribution in [3.8, 4) is 0 Å². The summed E-state index contributed by atoms with van der Waals surface area (Å²) in [6, 6.07) is 8.92. The number of nitrogens with zero attached hydrogens (tertiary/aromatic N) is 3. The molecule has 5 heteroatoms. The fraction of sp³-hybridized carbons (Fsp3) is 0.385. The Morgan fingerprint density at radius 2 is 2.28 bits per heavy atom. The summed E-state index contributed by atoms with van der Waals surface area (Å²) in [6.45, 7) is 0. The second-order valence-corrected chi connectivity index (χ2v) is 5.57. The van der Waals surface area contributed by atoms with Gasteiger partial charge < -0.3 is 5.32 Å². The number of hydrogen-bond donors (Lipinski definition) is 1. The van der Waals surface area contributed by atoms with Gasteiger partial charge in [0.2, 0.25) is 0 Å². The minimum absolute atomic E-state index is 0.265. The number of thioether (sulfide) groups is 1. The molecule has 94 valence electrons. The molecule has 1 aliphatic rings. The maximum absolute atomic E-state index is 4.03. The Morgan fingerprint density at radius 3 is 3.00 bits per heavy atom. The van der Waals surface area contributed by atoms with Crippen molar-refractivity contribution in [2.75, 3.05) is 12.8 Å². The van der Waals surface area contributed by atoms with Crippen LogP contribution in [-0.2, 0) is 7.05 Å². The van der Waals surface area contributed by atoms with E-state index in [4.69, 9.17) is 0 Å². The Kier molecular flexibility index (Phi) is 3.09. The highest BCUT2D eigenvalue weighted by Crippen LogP contribution is 2.45. The van der Waals surface area contributed by atoms with E-state index >= 15 is 0 Å². The predicted molar refractivity (Wildman–Crippen MR) is 72.7 cm³/mol. The zero-order chi connectivity index (χ0) is 12.5. The van der Waals surface area contributed by atoms with Gasteiger partial charge in [0.15, 0.2) is 0 Å². The zero-order valence-electron chi connectivity index (χ0n) is 10.5. The molecule has 0 spiro atoms. The number of likely N-dealkylation sites (N-methyl/N-ethyl adjacent to an activating group) is 1. The Balaban J connectivity index is 1.98. The van der Waals surface area contributed by atoms with Crippen molar-refractivity contribution < 1.29 is 0 Å². The Labute approximate surface area is 111 Å². The van der Waals surface area contributed by atoms with Gasteiger partial charge in [-0.2, -0.15) is 0 Å². The van der Waals surface area contributed by atoms with Crippen molar-refractivity contribution in [1.29, 1.82) is 0 Å². The van der Waals surface area contributed by atoms with Crippen LogP contribution in [0.4, 0.5) is 0 Å². The van der Waals surface area contributed by atoms with Gasteiger partial charge in [0.05, 0.1) is 17.9 Å². The van der Waals surface area contributed by atoms with E-state index in [2.05, 4.69) is 39.9 Å². The van der Waals surface area contributed by atoms with E-state index in [1.165, 1.54) is 10.5 Å². The summed E-state index contributed by atoms with van der Waals surface area (Å²) in [7, 11) is 3.95. The quantitative estimate of drug-likeness (QED) is 0.916. The smallest absolute Gasteiger partial charge is 0.0759 e. The van der Waals surface area contributed by atoms with Gasteiger partial charge in [-0.25, -0.2) is 0 Å². The number of rotatable bonds is 3. The second-order valence-electron chi connectivity index (χ2n) is 4.50. The van der Waals surface area contributed by atoms with Crippen LogP contribution in [-0.4, -0.2) is 27.8 Å². The van der Waals surface area contributed by atoms with Gasteiger partial charge in [-0.05, 0) is 18.7 Å². The number of fused-ring (bicyclic) bond motifs is 1. The topological polar surface area (TPSA) is 42.7 Å². The lowest BCUT2D eigenvalue weighted by atomic mass is 9.91. The molecule has 2 atom stereocenters. The van der Waals surface area contributed by atoms with Crippen molar-refractivity contribution in [3.05, 3.63) is 41.7 Å². The lowest BCUT2D eigenvalue weighted by molar-refractivity contribution is 0.477. The first-order valence-corrected chi connectivity index (χ1v) is 7.03.